The SMILES string of the molecule is CCCC1CCN(N)C1. The van der Waals surface area contributed by atoms with Gasteiger partial charge in [0.25, 0.3) is 0 Å². The van der Waals surface area contributed by atoms with Crippen LogP contribution >= 0.6 is 0 Å². The van der Waals surface area contributed by atoms with Crippen LogP contribution in [0.5, 0.6) is 0 Å². The highest BCUT2D eigenvalue weighted by atomic mass is 15.4. The van der Waals surface area contributed by atoms with Crippen molar-refractivity contribution in [3.63, 3.8) is 0 Å². The van der Waals surface area contributed by atoms with Crippen LogP contribution in [-0.2, 0) is 0 Å². The molecule has 0 amide bonds. The van der Waals surface area contributed by atoms with E-state index in [2.05, 4.69) is 6.92 Å². The van der Waals surface area contributed by atoms with Crippen molar-refractivity contribution in [2.45, 2.75) is 26.2 Å². The standard InChI is InChI=1S/C7H16N2/c1-2-3-7-4-5-9(8)6-7/h7H,2-6,8H2,1H3. The Kier molecular flexibility index (Phi) is 2.49. The highest BCUT2D eigenvalue weighted by Gasteiger charge is 2.18. The van der Waals surface area contributed by atoms with E-state index in [4.69, 9.17) is 5.84 Å². The molecule has 0 radical (unpaired) electrons. The zero-order chi connectivity index (χ0) is 6.69. The Hall–Kier alpha value is -0.0800. The lowest BCUT2D eigenvalue weighted by molar-refractivity contribution is 0.333. The molecule has 0 saturated carbocycles. The fourth-order valence-electron chi connectivity index (χ4n) is 1.51. The molecule has 1 fully saturated rings. The smallest absolute Gasteiger partial charge is 0.0157 e. The maximum Gasteiger partial charge on any atom is 0.0157 e. The molecule has 0 aromatic carbocycles. The first kappa shape index (κ1) is 7.03. The molecule has 0 bridgehead atoms. The van der Waals surface area contributed by atoms with E-state index in [1.54, 1.807) is 0 Å². The van der Waals surface area contributed by atoms with Crippen molar-refractivity contribution in [2.75, 3.05) is 13.1 Å². The molecule has 1 rings (SSSR count). The first-order chi connectivity index (χ1) is 4.33. The Bertz CT molecular complexity index is 81.0. The summed E-state index contributed by atoms with van der Waals surface area (Å²) in [6.07, 6.45) is 3.97. The average Bonchev–Trinajstić information content (AvgIpc) is 2.17. The molecule has 1 saturated heterocycles. The molecular weight excluding hydrogens is 112 g/mol. The van der Waals surface area contributed by atoms with Gasteiger partial charge in [-0.2, -0.15) is 0 Å². The van der Waals surface area contributed by atoms with Crippen molar-refractivity contribution in [3.8, 4) is 0 Å². The van der Waals surface area contributed by atoms with Crippen LogP contribution in [0.3, 0.4) is 0 Å². The predicted molar refractivity (Wildman–Crippen MR) is 38.8 cm³/mol. The van der Waals surface area contributed by atoms with Gasteiger partial charge in [0.1, 0.15) is 0 Å². The first-order valence-corrected chi connectivity index (χ1v) is 3.82. The van der Waals surface area contributed by atoms with Gasteiger partial charge in [0.2, 0.25) is 0 Å². The maximum absolute atomic E-state index is 5.59. The summed E-state index contributed by atoms with van der Waals surface area (Å²) < 4.78 is 0. The molecule has 0 aromatic rings. The minimum absolute atomic E-state index is 0.889. The van der Waals surface area contributed by atoms with Crippen LogP contribution < -0.4 is 5.84 Å². The largest absolute Gasteiger partial charge is 0.269 e. The van der Waals surface area contributed by atoms with E-state index < -0.39 is 0 Å². The lowest BCUT2D eigenvalue weighted by atomic mass is 10.0. The van der Waals surface area contributed by atoms with E-state index in [1.165, 1.54) is 19.3 Å². The second kappa shape index (κ2) is 3.18. The molecule has 54 valence electrons. The molecule has 2 N–H and O–H groups in total. The second-order valence-electron chi connectivity index (χ2n) is 2.94. The van der Waals surface area contributed by atoms with Gasteiger partial charge < -0.3 is 0 Å². The third-order valence-corrected chi connectivity index (χ3v) is 2.01. The van der Waals surface area contributed by atoms with Crippen LogP contribution in [0, 0.1) is 5.92 Å². The Morgan fingerprint density at radius 1 is 1.67 bits per heavy atom. The summed E-state index contributed by atoms with van der Waals surface area (Å²) in [5, 5.41) is 1.93. The Morgan fingerprint density at radius 2 is 2.44 bits per heavy atom. The zero-order valence-electron chi connectivity index (χ0n) is 6.14. The van der Waals surface area contributed by atoms with Gasteiger partial charge in [-0.15, -0.1) is 0 Å². The molecule has 0 aliphatic carbocycles. The molecule has 1 aliphatic heterocycles. The van der Waals surface area contributed by atoms with Crippen LogP contribution in [0.2, 0.25) is 0 Å². The van der Waals surface area contributed by atoms with Crippen molar-refractivity contribution in [1.82, 2.24) is 5.01 Å². The van der Waals surface area contributed by atoms with E-state index >= 15 is 0 Å². The van der Waals surface area contributed by atoms with Crippen molar-refractivity contribution < 1.29 is 0 Å². The third kappa shape index (κ3) is 1.95. The fraction of sp³-hybridized carbons (Fsp3) is 1.00. The molecular formula is C7H16N2. The van der Waals surface area contributed by atoms with Crippen LogP contribution in [0.1, 0.15) is 26.2 Å². The lowest BCUT2D eigenvalue weighted by Gasteiger charge is -2.07. The van der Waals surface area contributed by atoms with Crippen molar-refractivity contribution in [1.29, 1.82) is 0 Å². The third-order valence-electron chi connectivity index (χ3n) is 2.01. The van der Waals surface area contributed by atoms with Crippen LogP contribution in [0.15, 0.2) is 0 Å². The van der Waals surface area contributed by atoms with Gasteiger partial charge >= 0.3 is 0 Å². The molecule has 2 heteroatoms. The van der Waals surface area contributed by atoms with Crippen molar-refractivity contribution in [2.24, 2.45) is 11.8 Å². The van der Waals surface area contributed by atoms with Gasteiger partial charge in [-0.1, -0.05) is 13.3 Å². The lowest BCUT2D eigenvalue weighted by Crippen LogP contribution is -2.27. The fourth-order valence-corrected chi connectivity index (χ4v) is 1.51. The summed E-state index contributed by atoms with van der Waals surface area (Å²) in [7, 11) is 0. The predicted octanol–water partition coefficient (Wildman–Crippen LogP) is 0.982. The highest BCUT2D eigenvalue weighted by molar-refractivity contribution is 4.70. The summed E-state index contributed by atoms with van der Waals surface area (Å²) in [4.78, 5) is 0. The topological polar surface area (TPSA) is 29.3 Å². The molecule has 1 heterocycles. The first-order valence-electron chi connectivity index (χ1n) is 3.82. The summed E-state index contributed by atoms with van der Waals surface area (Å²) in [6.45, 7) is 4.46. The Morgan fingerprint density at radius 3 is 2.89 bits per heavy atom. The molecule has 0 spiro atoms. The molecule has 1 unspecified atom stereocenters. The van der Waals surface area contributed by atoms with Crippen LogP contribution in [0.4, 0.5) is 0 Å². The quantitative estimate of drug-likeness (QED) is 0.562. The monoisotopic (exact) mass is 128 g/mol. The van der Waals surface area contributed by atoms with E-state index in [-0.39, 0.29) is 0 Å². The summed E-state index contributed by atoms with van der Waals surface area (Å²) in [6, 6.07) is 0. The van der Waals surface area contributed by atoms with Crippen molar-refractivity contribution >= 4 is 0 Å². The Balaban J connectivity index is 2.14. The van der Waals surface area contributed by atoms with Crippen LogP contribution in [0.25, 0.3) is 0 Å². The van der Waals surface area contributed by atoms with Crippen LogP contribution in [-0.4, -0.2) is 18.1 Å². The molecule has 2 nitrogen and oxygen atoms in total. The Labute approximate surface area is 57.0 Å². The van der Waals surface area contributed by atoms with E-state index in [9.17, 15) is 0 Å². The van der Waals surface area contributed by atoms with Gasteiger partial charge in [-0.25, -0.2) is 5.01 Å². The van der Waals surface area contributed by atoms with E-state index in [0.29, 0.717) is 0 Å². The normalized spacial score (nSPS) is 29.3. The van der Waals surface area contributed by atoms with Gasteiger partial charge in [-0.05, 0) is 18.8 Å². The minimum Gasteiger partial charge on any atom is -0.269 e. The number of hydrazine groups is 1. The van der Waals surface area contributed by atoms with Gasteiger partial charge in [0.15, 0.2) is 0 Å². The van der Waals surface area contributed by atoms with Crippen molar-refractivity contribution in [3.05, 3.63) is 0 Å². The molecule has 1 aliphatic rings. The number of rotatable bonds is 2. The number of nitrogens with two attached hydrogens (primary N) is 1. The van der Waals surface area contributed by atoms with Gasteiger partial charge in [-0.3, -0.25) is 5.84 Å². The number of hydrogen-bond acceptors (Lipinski definition) is 2. The molecule has 1 atom stereocenters. The molecule has 9 heavy (non-hydrogen) atoms. The zero-order valence-corrected chi connectivity index (χ0v) is 6.14. The summed E-state index contributed by atoms with van der Waals surface area (Å²) in [5.74, 6) is 6.48. The van der Waals surface area contributed by atoms with E-state index in [0.717, 1.165) is 19.0 Å². The summed E-state index contributed by atoms with van der Waals surface area (Å²) in [5.41, 5.74) is 0. The highest BCUT2D eigenvalue weighted by Crippen LogP contribution is 2.17. The maximum atomic E-state index is 5.59. The average molecular weight is 128 g/mol. The van der Waals surface area contributed by atoms with Gasteiger partial charge in [0, 0.05) is 13.1 Å². The minimum atomic E-state index is 0.889. The number of hydrogen-bond donors (Lipinski definition) is 1. The number of nitrogens with zero attached hydrogens (tertiary/aromatic N) is 1. The van der Waals surface area contributed by atoms with E-state index in [1.807, 2.05) is 5.01 Å². The van der Waals surface area contributed by atoms with Gasteiger partial charge in [0.05, 0.1) is 0 Å². The molecule has 0 aromatic heterocycles. The summed E-state index contributed by atoms with van der Waals surface area (Å²) >= 11 is 0. The second-order valence-corrected chi connectivity index (χ2v) is 2.94.